The van der Waals surface area contributed by atoms with Crippen LogP contribution in [0.5, 0.6) is 0 Å². The van der Waals surface area contributed by atoms with Crippen molar-refractivity contribution >= 4 is 53.9 Å². The second-order valence-corrected chi connectivity index (χ2v) is 17.2. The van der Waals surface area contributed by atoms with Crippen LogP contribution in [0, 0.1) is 0 Å². The Morgan fingerprint density at radius 2 is 0.967 bits per heavy atom. The average Bonchev–Trinajstić information content (AvgIpc) is 3.86. The van der Waals surface area contributed by atoms with Crippen LogP contribution in [0.15, 0.2) is 182 Å². The summed E-state index contributed by atoms with van der Waals surface area (Å²) < 4.78 is 1.22. The highest BCUT2D eigenvalue weighted by molar-refractivity contribution is 7.22. The number of hydrogen-bond donors (Lipinski definition) is 0. The summed E-state index contributed by atoms with van der Waals surface area (Å²) in [7, 11) is 0. The van der Waals surface area contributed by atoms with Crippen LogP contribution in [0.1, 0.15) is 25.0 Å². The summed E-state index contributed by atoms with van der Waals surface area (Å²) in [4.78, 5) is 20.7. The molecule has 4 nitrogen and oxygen atoms in total. The predicted molar refractivity (Wildman–Crippen MR) is 250 cm³/mol. The standard InChI is InChI=1S/C55H36N4S/c1-55(2)47-19-11-10-17-42(47)43-28-27-40(32-48(43)55)53-58-51(57-52(59-53)39-25-22-33-12-6-7-15-37(33)30-39)35-23-20-34(21-24-35)38-26-29-45-46(31-38)41-16-8-9-18-44(41)49-50(45)60-54(56-49)36-13-4-3-5-14-36/h3-32H,1-2H3. The van der Waals surface area contributed by atoms with Crippen molar-refractivity contribution in [3.8, 4) is 67.0 Å². The SMILES string of the molecule is CC1(C)c2ccccc2-c2ccc(-c3nc(-c4ccc(-c5ccc6c(c5)c5ccccc5c5nc(-c7ccccc7)sc65)cc4)nc(-c4ccc5ccccc5c4)n3)cc21. The molecule has 1 aliphatic rings. The fourth-order valence-corrected chi connectivity index (χ4v) is 10.3. The third-order valence-corrected chi connectivity index (χ3v) is 13.5. The molecule has 5 heteroatoms. The number of aromatic nitrogens is 4. The van der Waals surface area contributed by atoms with Crippen molar-refractivity contribution in [2.45, 2.75) is 19.3 Å². The fourth-order valence-electron chi connectivity index (χ4n) is 9.21. The normalized spacial score (nSPS) is 13.0. The van der Waals surface area contributed by atoms with E-state index in [0.29, 0.717) is 17.5 Å². The van der Waals surface area contributed by atoms with Crippen molar-refractivity contribution in [1.29, 1.82) is 0 Å². The van der Waals surface area contributed by atoms with Crippen LogP contribution in [0.4, 0.5) is 0 Å². The van der Waals surface area contributed by atoms with Crippen molar-refractivity contribution in [1.82, 2.24) is 19.9 Å². The summed E-state index contributed by atoms with van der Waals surface area (Å²) in [5.74, 6) is 1.95. The molecule has 1 aliphatic carbocycles. The number of hydrogen-bond acceptors (Lipinski definition) is 5. The Kier molecular flexibility index (Phi) is 7.72. The number of benzene rings is 9. The lowest BCUT2D eigenvalue weighted by Gasteiger charge is -2.21. The zero-order chi connectivity index (χ0) is 40.0. The van der Waals surface area contributed by atoms with Crippen LogP contribution in [0.2, 0.25) is 0 Å². The van der Waals surface area contributed by atoms with E-state index in [0.717, 1.165) is 49.3 Å². The van der Waals surface area contributed by atoms with Crippen molar-refractivity contribution < 1.29 is 0 Å². The summed E-state index contributed by atoms with van der Waals surface area (Å²) >= 11 is 1.77. The van der Waals surface area contributed by atoms with Gasteiger partial charge >= 0.3 is 0 Å². The van der Waals surface area contributed by atoms with Crippen molar-refractivity contribution in [3.05, 3.63) is 193 Å². The zero-order valence-corrected chi connectivity index (χ0v) is 33.8. The van der Waals surface area contributed by atoms with E-state index >= 15 is 0 Å². The van der Waals surface area contributed by atoms with Gasteiger partial charge in [0.05, 0.1) is 10.2 Å². The lowest BCUT2D eigenvalue weighted by molar-refractivity contribution is 0.660. The van der Waals surface area contributed by atoms with Gasteiger partial charge in [0.1, 0.15) is 5.01 Å². The van der Waals surface area contributed by atoms with E-state index in [-0.39, 0.29) is 5.41 Å². The summed E-state index contributed by atoms with van der Waals surface area (Å²) in [6.45, 7) is 4.62. The number of rotatable bonds is 5. The number of fused-ring (bicyclic) bond motifs is 10. The summed E-state index contributed by atoms with van der Waals surface area (Å²) in [6, 6.07) is 64.9. The third kappa shape index (κ3) is 5.50. The number of nitrogens with zero attached hydrogens (tertiary/aromatic N) is 4. The van der Waals surface area contributed by atoms with E-state index in [4.69, 9.17) is 19.9 Å². The highest BCUT2D eigenvalue weighted by Gasteiger charge is 2.35. The number of thiazole rings is 1. The van der Waals surface area contributed by atoms with Crippen LogP contribution in [0.25, 0.3) is 110 Å². The molecule has 0 fully saturated rings. The van der Waals surface area contributed by atoms with Gasteiger partial charge in [-0.05, 0) is 73.1 Å². The summed E-state index contributed by atoms with van der Waals surface area (Å²) in [5.41, 5.74) is 12.4. The molecule has 0 bridgehead atoms. The predicted octanol–water partition coefficient (Wildman–Crippen LogP) is 14.6. The minimum atomic E-state index is -0.137. The molecule has 0 saturated carbocycles. The first-order chi connectivity index (χ1) is 29.5. The summed E-state index contributed by atoms with van der Waals surface area (Å²) in [5, 5.41) is 8.21. The van der Waals surface area contributed by atoms with Gasteiger partial charge in [0.15, 0.2) is 17.5 Å². The minimum Gasteiger partial charge on any atom is -0.235 e. The Morgan fingerprint density at radius 3 is 1.78 bits per heavy atom. The molecule has 0 aliphatic heterocycles. The van der Waals surface area contributed by atoms with Gasteiger partial charge in [0.25, 0.3) is 0 Å². The molecule has 282 valence electrons. The Labute approximate surface area is 351 Å². The molecular formula is C55H36N4S. The van der Waals surface area contributed by atoms with Crippen LogP contribution in [-0.2, 0) is 5.41 Å². The largest absolute Gasteiger partial charge is 0.235 e. The molecule has 9 aromatic carbocycles. The minimum absolute atomic E-state index is 0.137. The second kappa shape index (κ2) is 13.3. The molecule has 60 heavy (non-hydrogen) atoms. The average molecular weight is 785 g/mol. The molecule has 2 heterocycles. The Balaban J connectivity index is 0.964. The third-order valence-electron chi connectivity index (χ3n) is 12.3. The van der Waals surface area contributed by atoms with Crippen molar-refractivity contribution in [3.63, 3.8) is 0 Å². The van der Waals surface area contributed by atoms with Crippen LogP contribution in [0.3, 0.4) is 0 Å². The molecule has 12 rings (SSSR count). The van der Waals surface area contributed by atoms with Gasteiger partial charge in [-0.3, -0.25) is 0 Å². The Hall–Kier alpha value is -7.34. The first-order valence-corrected chi connectivity index (χ1v) is 21.2. The second-order valence-electron chi connectivity index (χ2n) is 16.2. The molecule has 0 spiro atoms. The first kappa shape index (κ1) is 34.7. The topological polar surface area (TPSA) is 51.6 Å². The fraction of sp³-hybridized carbons (Fsp3) is 0.0545. The highest BCUT2D eigenvalue weighted by atomic mass is 32.1. The van der Waals surface area contributed by atoms with Crippen LogP contribution in [-0.4, -0.2) is 19.9 Å². The van der Waals surface area contributed by atoms with E-state index in [9.17, 15) is 0 Å². The molecule has 0 saturated heterocycles. The smallest absolute Gasteiger partial charge is 0.164 e. The molecule has 0 atom stereocenters. The maximum absolute atomic E-state index is 5.19. The summed E-state index contributed by atoms with van der Waals surface area (Å²) in [6.07, 6.45) is 0. The van der Waals surface area contributed by atoms with E-state index in [1.807, 2.05) is 0 Å². The molecule has 0 N–H and O–H groups in total. The van der Waals surface area contributed by atoms with E-state index in [2.05, 4.69) is 196 Å². The Morgan fingerprint density at radius 1 is 0.367 bits per heavy atom. The maximum Gasteiger partial charge on any atom is 0.164 e. The van der Waals surface area contributed by atoms with Gasteiger partial charge < -0.3 is 0 Å². The molecule has 0 amide bonds. The zero-order valence-electron chi connectivity index (χ0n) is 33.0. The van der Waals surface area contributed by atoms with Gasteiger partial charge in [-0.25, -0.2) is 19.9 Å². The van der Waals surface area contributed by atoms with Gasteiger partial charge in [-0.2, -0.15) is 0 Å². The Bertz CT molecular complexity index is 3510. The van der Waals surface area contributed by atoms with Crippen molar-refractivity contribution in [2.24, 2.45) is 0 Å². The van der Waals surface area contributed by atoms with E-state index in [1.165, 1.54) is 53.9 Å². The molecule has 11 aromatic rings. The molecular weight excluding hydrogens is 749 g/mol. The lowest BCUT2D eigenvalue weighted by atomic mass is 9.82. The van der Waals surface area contributed by atoms with Gasteiger partial charge in [0, 0.05) is 38.4 Å². The van der Waals surface area contributed by atoms with Gasteiger partial charge in [-0.15, -0.1) is 11.3 Å². The van der Waals surface area contributed by atoms with E-state index < -0.39 is 0 Å². The van der Waals surface area contributed by atoms with Gasteiger partial charge in [-0.1, -0.05) is 178 Å². The maximum atomic E-state index is 5.19. The lowest BCUT2D eigenvalue weighted by Crippen LogP contribution is -2.15. The van der Waals surface area contributed by atoms with Crippen molar-refractivity contribution in [2.75, 3.05) is 0 Å². The quantitative estimate of drug-likeness (QED) is 0.163. The van der Waals surface area contributed by atoms with Crippen LogP contribution >= 0.6 is 11.3 Å². The first-order valence-electron chi connectivity index (χ1n) is 20.4. The monoisotopic (exact) mass is 784 g/mol. The molecule has 0 unspecified atom stereocenters. The molecule has 2 aromatic heterocycles. The molecule has 0 radical (unpaired) electrons. The van der Waals surface area contributed by atoms with Crippen LogP contribution < -0.4 is 0 Å². The highest BCUT2D eigenvalue weighted by Crippen LogP contribution is 2.49. The van der Waals surface area contributed by atoms with E-state index in [1.54, 1.807) is 11.3 Å². The van der Waals surface area contributed by atoms with Gasteiger partial charge in [0.2, 0.25) is 0 Å².